The van der Waals surface area contributed by atoms with E-state index in [-0.39, 0.29) is 16.4 Å². The summed E-state index contributed by atoms with van der Waals surface area (Å²) < 4.78 is 0. The van der Waals surface area contributed by atoms with Gasteiger partial charge < -0.3 is 5.32 Å². The van der Waals surface area contributed by atoms with Crippen molar-refractivity contribution in [1.82, 2.24) is 5.43 Å². The number of nitro benzene ring substituents is 1. The molecule has 2 aromatic rings. The molecule has 0 atom stereocenters. The first-order valence-electron chi connectivity index (χ1n) is 6.70. The molecule has 0 aliphatic rings. The highest BCUT2D eigenvalue weighted by Crippen LogP contribution is 2.25. The predicted octanol–water partition coefficient (Wildman–Crippen LogP) is 2.99. The van der Waals surface area contributed by atoms with E-state index < -0.39 is 16.7 Å². The number of hydrogen-bond acceptors (Lipinski definition) is 5. The number of benzene rings is 2. The molecule has 2 rings (SSSR count). The summed E-state index contributed by atoms with van der Waals surface area (Å²) in [6, 6.07) is 9.99. The van der Waals surface area contributed by atoms with Crippen molar-refractivity contribution in [3.05, 3.63) is 68.2 Å². The van der Waals surface area contributed by atoms with Gasteiger partial charge in [-0.05, 0) is 18.2 Å². The minimum Gasteiger partial charge on any atom is -0.316 e. The number of nitrogens with one attached hydrogen (secondary N) is 2. The summed E-state index contributed by atoms with van der Waals surface area (Å²) in [6.45, 7) is 0. The average molecular weight is 381 g/mol. The third kappa shape index (κ3) is 5.27. The molecule has 128 valence electrons. The number of carbonyl (C=O) groups excluding carboxylic acids is 2. The van der Waals surface area contributed by atoms with Crippen molar-refractivity contribution in [3.63, 3.8) is 0 Å². The van der Waals surface area contributed by atoms with Crippen LogP contribution in [0.5, 0.6) is 0 Å². The lowest BCUT2D eigenvalue weighted by Gasteiger charge is -2.06. The predicted molar refractivity (Wildman–Crippen MR) is 93.9 cm³/mol. The summed E-state index contributed by atoms with van der Waals surface area (Å²) >= 11 is 11.7. The van der Waals surface area contributed by atoms with E-state index in [1.54, 1.807) is 6.07 Å². The van der Waals surface area contributed by atoms with E-state index >= 15 is 0 Å². The molecule has 0 saturated heterocycles. The van der Waals surface area contributed by atoms with Gasteiger partial charge in [0.2, 0.25) is 0 Å². The van der Waals surface area contributed by atoms with Crippen molar-refractivity contribution in [3.8, 4) is 0 Å². The van der Waals surface area contributed by atoms with Crippen LogP contribution in [-0.2, 0) is 9.59 Å². The zero-order valence-corrected chi connectivity index (χ0v) is 13.9. The number of non-ortho nitro benzene ring substituents is 1. The Morgan fingerprint density at radius 3 is 2.60 bits per heavy atom. The molecular weight excluding hydrogens is 371 g/mol. The molecule has 0 aromatic heterocycles. The molecule has 2 N–H and O–H groups in total. The molecular formula is C15H10Cl2N4O4. The Bertz CT molecular complexity index is 870. The number of nitro groups is 1. The zero-order valence-electron chi connectivity index (χ0n) is 12.4. The van der Waals surface area contributed by atoms with E-state index in [2.05, 4.69) is 10.4 Å². The molecule has 0 saturated carbocycles. The molecule has 10 heteroatoms. The van der Waals surface area contributed by atoms with E-state index in [0.717, 1.165) is 0 Å². The SMILES string of the molecule is O=C(N/N=C\c1cccc([N+](=O)[O-])c1)C(=O)Nc1cc(Cl)ccc1Cl. The van der Waals surface area contributed by atoms with Crippen LogP contribution in [0.4, 0.5) is 11.4 Å². The van der Waals surface area contributed by atoms with Crippen molar-refractivity contribution in [2.75, 3.05) is 5.32 Å². The first-order valence-corrected chi connectivity index (χ1v) is 7.46. The fraction of sp³-hybridized carbons (Fsp3) is 0. The highest BCUT2D eigenvalue weighted by atomic mass is 35.5. The number of halogens is 2. The molecule has 0 aliphatic heterocycles. The van der Waals surface area contributed by atoms with E-state index in [1.165, 1.54) is 42.6 Å². The Labute approximate surface area is 151 Å². The summed E-state index contributed by atoms with van der Waals surface area (Å²) in [5, 5.41) is 17.1. The van der Waals surface area contributed by atoms with E-state index in [1.807, 2.05) is 5.43 Å². The third-order valence-electron chi connectivity index (χ3n) is 2.84. The van der Waals surface area contributed by atoms with Crippen LogP contribution in [-0.4, -0.2) is 23.0 Å². The maximum absolute atomic E-state index is 11.8. The van der Waals surface area contributed by atoms with Gasteiger partial charge in [0.15, 0.2) is 0 Å². The highest BCUT2D eigenvalue weighted by molar-refractivity contribution is 6.42. The van der Waals surface area contributed by atoms with Crippen LogP contribution in [0.25, 0.3) is 0 Å². The van der Waals surface area contributed by atoms with Gasteiger partial charge in [0, 0.05) is 22.7 Å². The quantitative estimate of drug-likeness (QED) is 0.367. The number of amides is 2. The number of rotatable bonds is 4. The van der Waals surface area contributed by atoms with Crippen LogP contribution in [0.3, 0.4) is 0 Å². The van der Waals surface area contributed by atoms with Crippen molar-refractivity contribution in [2.45, 2.75) is 0 Å². The molecule has 0 heterocycles. The molecule has 0 bridgehead atoms. The van der Waals surface area contributed by atoms with Gasteiger partial charge >= 0.3 is 11.8 Å². The fourth-order valence-corrected chi connectivity index (χ4v) is 2.04. The Morgan fingerprint density at radius 2 is 1.88 bits per heavy atom. The summed E-state index contributed by atoms with van der Waals surface area (Å²) in [7, 11) is 0. The second kappa shape index (κ2) is 8.22. The second-order valence-corrected chi connectivity index (χ2v) is 5.47. The van der Waals surface area contributed by atoms with Gasteiger partial charge in [-0.15, -0.1) is 0 Å². The maximum atomic E-state index is 11.8. The van der Waals surface area contributed by atoms with Gasteiger partial charge in [-0.3, -0.25) is 19.7 Å². The molecule has 0 fully saturated rings. The molecule has 0 radical (unpaired) electrons. The highest BCUT2D eigenvalue weighted by Gasteiger charge is 2.14. The first kappa shape index (κ1) is 18.4. The van der Waals surface area contributed by atoms with E-state index in [4.69, 9.17) is 23.2 Å². The van der Waals surface area contributed by atoms with Crippen LogP contribution < -0.4 is 10.7 Å². The Kier molecular flexibility index (Phi) is 6.04. The lowest BCUT2D eigenvalue weighted by Crippen LogP contribution is -2.32. The van der Waals surface area contributed by atoms with Gasteiger partial charge in [-0.2, -0.15) is 5.10 Å². The normalized spacial score (nSPS) is 10.5. The van der Waals surface area contributed by atoms with Crippen molar-refractivity contribution in [2.24, 2.45) is 5.10 Å². The van der Waals surface area contributed by atoms with E-state index in [9.17, 15) is 19.7 Å². The van der Waals surface area contributed by atoms with Crippen LogP contribution >= 0.6 is 23.2 Å². The number of carbonyl (C=O) groups is 2. The van der Waals surface area contributed by atoms with Crippen LogP contribution in [0, 0.1) is 10.1 Å². The minimum atomic E-state index is -1.04. The smallest absolute Gasteiger partial charge is 0.316 e. The van der Waals surface area contributed by atoms with Crippen molar-refractivity contribution < 1.29 is 14.5 Å². The van der Waals surface area contributed by atoms with Gasteiger partial charge in [-0.25, -0.2) is 5.43 Å². The average Bonchev–Trinajstić information content (AvgIpc) is 2.58. The standard InChI is InChI=1S/C15H10Cl2N4O4/c16-10-4-5-12(17)13(7-10)19-14(22)15(23)20-18-8-9-2-1-3-11(6-9)21(24)25/h1-8H,(H,19,22)(H,20,23)/b18-8-. The zero-order chi connectivity index (χ0) is 18.4. The number of nitrogens with zero attached hydrogens (tertiary/aromatic N) is 2. The van der Waals surface area contributed by atoms with Crippen LogP contribution in [0.15, 0.2) is 47.6 Å². The minimum absolute atomic E-state index is 0.122. The van der Waals surface area contributed by atoms with E-state index in [0.29, 0.717) is 10.6 Å². The lowest BCUT2D eigenvalue weighted by molar-refractivity contribution is -0.384. The van der Waals surface area contributed by atoms with Gasteiger partial charge in [0.1, 0.15) is 0 Å². The summed E-state index contributed by atoms with van der Waals surface area (Å²) in [6.07, 6.45) is 1.17. The Hall–Kier alpha value is -2.97. The Morgan fingerprint density at radius 1 is 1.12 bits per heavy atom. The van der Waals surface area contributed by atoms with Gasteiger partial charge in [0.05, 0.1) is 21.8 Å². The van der Waals surface area contributed by atoms with Gasteiger partial charge in [-0.1, -0.05) is 35.3 Å². The topological polar surface area (TPSA) is 114 Å². The first-order chi connectivity index (χ1) is 11.9. The molecule has 0 aliphatic carbocycles. The Balaban J connectivity index is 1.97. The monoisotopic (exact) mass is 380 g/mol. The van der Waals surface area contributed by atoms with Crippen LogP contribution in [0.1, 0.15) is 5.56 Å². The molecule has 0 unspecified atom stereocenters. The van der Waals surface area contributed by atoms with Gasteiger partial charge in [0.25, 0.3) is 5.69 Å². The summed E-state index contributed by atoms with van der Waals surface area (Å²) in [5.41, 5.74) is 2.44. The molecule has 8 nitrogen and oxygen atoms in total. The maximum Gasteiger partial charge on any atom is 0.329 e. The molecule has 0 spiro atoms. The second-order valence-electron chi connectivity index (χ2n) is 4.63. The summed E-state index contributed by atoms with van der Waals surface area (Å²) in [5.74, 6) is -2.04. The van der Waals surface area contributed by atoms with Crippen LogP contribution in [0.2, 0.25) is 10.0 Å². The third-order valence-corrected chi connectivity index (χ3v) is 3.41. The lowest BCUT2D eigenvalue weighted by atomic mass is 10.2. The fourth-order valence-electron chi connectivity index (χ4n) is 1.71. The number of anilines is 1. The molecule has 2 amide bonds. The summed E-state index contributed by atoms with van der Waals surface area (Å²) in [4.78, 5) is 33.6. The van der Waals surface area contributed by atoms with Crippen molar-refractivity contribution >= 4 is 52.6 Å². The largest absolute Gasteiger partial charge is 0.329 e. The number of hydrogen-bond donors (Lipinski definition) is 2. The molecule has 2 aromatic carbocycles. The number of hydrazone groups is 1. The van der Waals surface area contributed by atoms with Crippen molar-refractivity contribution in [1.29, 1.82) is 0 Å². The molecule has 25 heavy (non-hydrogen) atoms.